The van der Waals surface area contributed by atoms with Crippen LogP contribution >= 0.6 is 15.9 Å². The summed E-state index contributed by atoms with van der Waals surface area (Å²) in [5, 5.41) is 6.39. The van der Waals surface area contributed by atoms with Gasteiger partial charge >= 0.3 is 0 Å². The molecule has 2 N–H and O–H groups in total. The molecule has 1 aliphatic rings. The highest BCUT2D eigenvalue weighted by Gasteiger charge is 2.19. The topological polar surface area (TPSA) is 49.8 Å². The summed E-state index contributed by atoms with van der Waals surface area (Å²) >= 11 is 3.47. The van der Waals surface area contributed by atoms with Crippen molar-refractivity contribution < 1.29 is 0 Å². The van der Waals surface area contributed by atoms with E-state index in [4.69, 9.17) is 0 Å². The van der Waals surface area contributed by atoms with Crippen molar-refractivity contribution in [2.24, 2.45) is 0 Å². The van der Waals surface area contributed by atoms with E-state index in [1.54, 1.807) is 6.33 Å². The number of halogens is 1. The van der Waals surface area contributed by atoms with Crippen LogP contribution in [0.2, 0.25) is 0 Å². The van der Waals surface area contributed by atoms with Crippen LogP contribution in [-0.2, 0) is 0 Å². The fraction of sp³-hybridized carbons (Fsp3) is 0.556. The molecule has 0 radical (unpaired) electrons. The second-order valence-electron chi connectivity index (χ2n) is 3.41. The van der Waals surface area contributed by atoms with Crippen LogP contribution in [0.4, 0.5) is 11.6 Å². The Labute approximate surface area is 91.7 Å². The number of aromatic nitrogens is 2. The van der Waals surface area contributed by atoms with Gasteiger partial charge in [-0.1, -0.05) is 0 Å². The van der Waals surface area contributed by atoms with Crippen LogP contribution in [-0.4, -0.2) is 23.1 Å². The fourth-order valence-corrected chi connectivity index (χ4v) is 1.91. The van der Waals surface area contributed by atoms with Gasteiger partial charge in [0, 0.05) is 13.1 Å². The maximum atomic E-state index is 4.20. The van der Waals surface area contributed by atoms with Crippen LogP contribution in [0.5, 0.6) is 0 Å². The van der Waals surface area contributed by atoms with Gasteiger partial charge in [0.05, 0.1) is 0 Å². The molecule has 0 spiro atoms. The van der Waals surface area contributed by atoms with Crippen LogP contribution in [0.3, 0.4) is 0 Å². The Bertz CT molecular complexity index is 325. The van der Waals surface area contributed by atoms with Crippen molar-refractivity contribution in [3.8, 4) is 0 Å². The standard InChI is InChI=1S/C9H13BrN4/c1-11-8-7(10)9(13-5-12-8)14-6-3-2-4-6/h5-6H,2-4H2,1H3,(H2,11,12,13,14). The average molecular weight is 257 g/mol. The van der Waals surface area contributed by atoms with Gasteiger partial charge in [0.2, 0.25) is 0 Å². The molecule has 5 heteroatoms. The molecule has 0 aliphatic heterocycles. The molecule has 0 unspecified atom stereocenters. The van der Waals surface area contributed by atoms with Crippen molar-refractivity contribution in [1.29, 1.82) is 0 Å². The van der Waals surface area contributed by atoms with Gasteiger partial charge in [-0.25, -0.2) is 9.97 Å². The molecule has 14 heavy (non-hydrogen) atoms. The molecule has 0 amide bonds. The molecule has 0 aromatic carbocycles. The van der Waals surface area contributed by atoms with Crippen LogP contribution in [0.25, 0.3) is 0 Å². The van der Waals surface area contributed by atoms with Crippen molar-refractivity contribution in [2.75, 3.05) is 17.7 Å². The molecule has 2 rings (SSSR count). The number of nitrogens with zero attached hydrogens (tertiary/aromatic N) is 2. The molecule has 1 aliphatic carbocycles. The van der Waals surface area contributed by atoms with Crippen molar-refractivity contribution in [3.05, 3.63) is 10.8 Å². The number of hydrogen-bond acceptors (Lipinski definition) is 4. The van der Waals surface area contributed by atoms with Gasteiger partial charge in [0.15, 0.2) is 0 Å². The molecular weight excluding hydrogens is 244 g/mol. The highest BCUT2D eigenvalue weighted by Crippen LogP contribution is 2.29. The predicted octanol–water partition coefficient (Wildman–Crippen LogP) is 2.25. The van der Waals surface area contributed by atoms with Crippen LogP contribution in [0, 0.1) is 0 Å². The molecule has 1 heterocycles. The van der Waals surface area contributed by atoms with E-state index < -0.39 is 0 Å². The molecule has 1 saturated carbocycles. The first-order chi connectivity index (χ1) is 6.81. The lowest BCUT2D eigenvalue weighted by Gasteiger charge is -2.27. The molecule has 76 valence electrons. The lowest BCUT2D eigenvalue weighted by atomic mass is 9.93. The normalized spacial score (nSPS) is 16.1. The third-order valence-electron chi connectivity index (χ3n) is 2.47. The zero-order valence-corrected chi connectivity index (χ0v) is 9.63. The Balaban J connectivity index is 2.15. The molecule has 1 fully saturated rings. The fourth-order valence-electron chi connectivity index (χ4n) is 1.39. The van der Waals surface area contributed by atoms with E-state index >= 15 is 0 Å². The maximum absolute atomic E-state index is 4.20. The summed E-state index contributed by atoms with van der Waals surface area (Å²) in [4.78, 5) is 8.30. The minimum Gasteiger partial charge on any atom is -0.372 e. The van der Waals surface area contributed by atoms with Gasteiger partial charge in [-0.05, 0) is 35.2 Å². The molecule has 0 bridgehead atoms. The van der Waals surface area contributed by atoms with E-state index in [2.05, 4.69) is 36.5 Å². The largest absolute Gasteiger partial charge is 0.372 e. The highest BCUT2D eigenvalue weighted by atomic mass is 79.9. The molecule has 4 nitrogen and oxygen atoms in total. The molecule has 0 saturated heterocycles. The van der Waals surface area contributed by atoms with E-state index in [0.717, 1.165) is 16.1 Å². The van der Waals surface area contributed by atoms with Gasteiger partial charge in [-0.15, -0.1) is 0 Å². The average Bonchev–Trinajstić information content (AvgIpc) is 2.13. The van der Waals surface area contributed by atoms with Crippen molar-refractivity contribution in [2.45, 2.75) is 25.3 Å². The maximum Gasteiger partial charge on any atom is 0.146 e. The van der Waals surface area contributed by atoms with E-state index in [-0.39, 0.29) is 0 Å². The van der Waals surface area contributed by atoms with E-state index in [0.29, 0.717) is 6.04 Å². The van der Waals surface area contributed by atoms with Crippen molar-refractivity contribution in [3.63, 3.8) is 0 Å². The van der Waals surface area contributed by atoms with Gasteiger partial charge in [-0.2, -0.15) is 0 Å². The number of hydrogen-bond donors (Lipinski definition) is 2. The summed E-state index contributed by atoms with van der Waals surface area (Å²) in [6.07, 6.45) is 5.37. The van der Waals surface area contributed by atoms with E-state index in [9.17, 15) is 0 Å². The number of nitrogens with one attached hydrogen (secondary N) is 2. The smallest absolute Gasteiger partial charge is 0.146 e. The molecule has 1 aromatic rings. The summed E-state index contributed by atoms with van der Waals surface area (Å²) in [7, 11) is 1.85. The third-order valence-corrected chi connectivity index (χ3v) is 3.22. The van der Waals surface area contributed by atoms with Crippen molar-refractivity contribution >= 4 is 27.6 Å². The Hall–Kier alpha value is -0.840. The minimum atomic E-state index is 0.589. The second kappa shape index (κ2) is 4.13. The lowest BCUT2D eigenvalue weighted by Crippen LogP contribution is -2.27. The summed E-state index contributed by atoms with van der Waals surface area (Å²) in [5.74, 6) is 1.70. The molecule has 1 aromatic heterocycles. The Kier molecular flexibility index (Phi) is 2.86. The summed E-state index contributed by atoms with van der Waals surface area (Å²) in [6, 6.07) is 0.589. The first-order valence-corrected chi connectivity index (χ1v) is 5.55. The highest BCUT2D eigenvalue weighted by molar-refractivity contribution is 9.10. The second-order valence-corrected chi connectivity index (χ2v) is 4.20. The molecule has 0 atom stereocenters. The van der Waals surface area contributed by atoms with E-state index in [1.165, 1.54) is 19.3 Å². The first kappa shape index (κ1) is 9.71. The van der Waals surface area contributed by atoms with Gasteiger partial charge in [0.1, 0.15) is 22.4 Å². The van der Waals surface area contributed by atoms with Gasteiger partial charge in [0.25, 0.3) is 0 Å². The monoisotopic (exact) mass is 256 g/mol. The summed E-state index contributed by atoms with van der Waals surface area (Å²) < 4.78 is 0.911. The Morgan fingerprint density at radius 2 is 2.07 bits per heavy atom. The summed E-state index contributed by atoms with van der Waals surface area (Å²) in [6.45, 7) is 0. The molecular formula is C9H13BrN4. The Morgan fingerprint density at radius 1 is 1.36 bits per heavy atom. The van der Waals surface area contributed by atoms with Gasteiger partial charge < -0.3 is 10.6 Å². The zero-order valence-electron chi connectivity index (χ0n) is 8.05. The SMILES string of the molecule is CNc1ncnc(NC2CCC2)c1Br. The zero-order chi connectivity index (χ0) is 9.97. The summed E-state index contributed by atoms with van der Waals surface area (Å²) in [5.41, 5.74) is 0. The first-order valence-electron chi connectivity index (χ1n) is 4.76. The number of anilines is 2. The predicted molar refractivity (Wildman–Crippen MR) is 60.5 cm³/mol. The van der Waals surface area contributed by atoms with Crippen LogP contribution in [0.15, 0.2) is 10.8 Å². The quantitative estimate of drug-likeness (QED) is 0.871. The third kappa shape index (κ3) is 1.82. The lowest BCUT2D eigenvalue weighted by molar-refractivity contribution is 0.444. The van der Waals surface area contributed by atoms with E-state index in [1.807, 2.05) is 7.05 Å². The van der Waals surface area contributed by atoms with Crippen LogP contribution in [0.1, 0.15) is 19.3 Å². The van der Waals surface area contributed by atoms with Crippen LogP contribution < -0.4 is 10.6 Å². The Morgan fingerprint density at radius 3 is 2.64 bits per heavy atom. The van der Waals surface area contributed by atoms with Gasteiger partial charge in [-0.3, -0.25) is 0 Å². The number of rotatable bonds is 3. The minimum absolute atomic E-state index is 0.589. The van der Waals surface area contributed by atoms with Crippen molar-refractivity contribution in [1.82, 2.24) is 9.97 Å².